The van der Waals surface area contributed by atoms with E-state index in [0.29, 0.717) is 29.4 Å². The minimum atomic E-state index is -3.58. The van der Waals surface area contributed by atoms with Crippen molar-refractivity contribution >= 4 is 32.8 Å². The number of nitrogens with zero attached hydrogens (tertiary/aromatic N) is 6. The number of piperazine rings is 1. The number of fused-ring (bicyclic) bond motifs is 2. The molecule has 0 atom stereocenters. The zero-order valence-corrected chi connectivity index (χ0v) is 15.6. The summed E-state index contributed by atoms with van der Waals surface area (Å²) in [5.41, 5.74) is 2.61. The number of pyridine rings is 1. The summed E-state index contributed by atoms with van der Waals surface area (Å²) in [6.07, 6.45) is 3.56. The summed E-state index contributed by atoms with van der Waals surface area (Å²) in [5, 5.41) is 0. The molecule has 2 aromatic heterocycles. The molecule has 0 saturated carbocycles. The van der Waals surface area contributed by atoms with Crippen molar-refractivity contribution in [3.05, 3.63) is 48.3 Å². The molecule has 0 amide bonds. The standard InChI is InChI=1S/C18H18N6O2S/c1-22-15-12-19-7-6-14(15)20-18(22)24-10-8-23(9-11-24)17-13-4-2-3-5-16(13)27(25,26)21-17/h2-7,12H,8-11H2,1H3. The van der Waals surface area contributed by atoms with Crippen molar-refractivity contribution in [3.63, 3.8) is 0 Å². The second-order valence-corrected chi connectivity index (χ2v) is 8.27. The predicted octanol–water partition coefficient (Wildman–Crippen LogP) is 1.24. The Morgan fingerprint density at radius 2 is 1.74 bits per heavy atom. The highest BCUT2D eigenvalue weighted by molar-refractivity contribution is 7.90. The van der Waals surface area contributed by atoms with E-state index < -0.39 is 10.0 Å². The van der Waals surface area contributed by atoms with Crippen LogP contribution in [0.15, 0.2) is 52.0 Å². The number of amidine groups is 1. The molecule has 9 heteroatoms. The number of sulfonamides is 1. The summed E-state index contributed by atoms with van der Waals surface area (Å²) in [7, 11) is -1.60. The van der Waals surface area contributed by atoms with Gasteiger partial charge in [0.25, 0.3) is 10.0 Å². The van der Waals surface area contributed by atoms with Gasteiger partial charge in [-0.15, -0.1) is 4.40 Å². The van der Waals surface area contributed by atoms with E-state index in [0.717, 1.165) is 30.1 Å². The largest absolute Gasteiger partial charge is 0.352 e. The Balaban J connectivity index is 1.40. The van der Waals surface area contributed by atoms with Gasteiger partial charge in [0, 0.05) is 45.0 Å². The van der Waals surface area contributed by atoms with Gasteiger partial charge in [-0.1, -0.05) is 12.1 Å². The van der Waals surface area contributed by atoms with Crippen LogP contribution >= 0.6 is 0 Å². The molecule has 0 spiro atoms. The molecule has 2 aliphatic heterocycles. The lowest BCUT2D eigenvalue weighted by Gasteiger charge is -2.36. The van der Waals surface area contributed by atoms with Crippen molar-refractivity contribution < 1.29 is 8.42 Å². The van der Waals surface area contributed by atoms with Crippen LogP contribution in [-0.2, 0) is 17.1 Å². The van der Waals surface area contributed by atoms with Gasteiger partial charge >= 0.3 is 0 Å². The molecule has 8 nitrogen and oxygen atoms in total. The van der Waals surface area contributed by atoms with Gasteiger partial charge in [0.1, 0.15) is 4.90 Å². The summed E-state index contributed by atoms with van der Waals surface area (Å²) in [6.45, 7) is 2.85. The highest BCUT2D eigenvalue weighted by atomic mass is 32.2. The van der Waals surface area contributed by atoms with E-state index in [9.17, 15) is 8.42 Å². The maximum absolute atomic E-state index is 12.3. The number of hydrogen-bond donors (Lipinski definition) is 0. The second-order valence-electron chi connectivity index (χ2n) is 6.70. The van der Waals surface area contributed by atoms with Crippen LogP contribution in [0.4, 0.5) is 5.95 Å². The summed E-state index contributed by atoms with van der Waals surface area (Å²) in [6, 6.07) is 8.92. The van der Waals surface area contributed by atoms with Crippen molar-refractivity contribution in [2.75, 3.05) is 31.1 Å². The second kappa shape index (κ2) is 5.78. The van der Waals surface area contributed by atoms with Crippen LogP contribution in [0.25, 0.3) is 11.0 Å². The molecule has 1 aromatic carbocycles. The first-order valence-electron chi connectivity index (χ1n) is 8.75. The first-order valence-corrected chi connectivity index (χ1v) is 10.2. The highest BCUT2D eigenvalue weighted by Crippen LogP contribution is 2.28. The van der Waals surface area contributed by atoms with Gasteiger partial charge in [0.05, 0.1) is 17.2 Å². The fourth-order valence-electron chi connectivity index (χ4n) is 3.74. The van der Waals surface area contributed by atoms with Crippen LogP contribution in [0.5, 0.6) is 0 Å². The van der Waals surface area contributed by atoms with E-state index in [1.54, 1.807) is 18.3 Å². The number of anilines is 1. The molecule has 27 heavy (non-hydrogen) atoms. The van der Waals surface area contributed by atoms with Crippen molar-refractivity contribution in [2.24, 2.45) is 11.4 Å². The maximum atomic E-state index is 12.3. The van der Waals surface area contributed by atoms with E-state index in [-0.39, 0.29) is 0 Å². The third-order valence-corrected chi connectivity index (χ3v) is 6.46. The number of benzene rings is 1. The lowest BCUT2D eigenvalue weighted by atomic mass is 10.1. The molecule has 0 bridgehead atoms. The average Bonchev–Trinajstić information content (AvgIpc) is 3.17. The molecule has 0 aliphatic carbocycles. The summed E-state index contributed by atoms with van der Waals surface area (Å²) in [5.74, 6) is 1.46. The number of aryl methyl sites for hydroxylation is 1. The van der Waals surface area contributed by atoms with Gasteiger partial charge in [0.15, 0.2) is 5.84 Å². The molecule has 0 N–H and O–H groups in total. The van der Waals surface area contributed by atoms with Crippen LogP contribution in [0.3, 0.4) is 0 Å². The van der Waals surface area contributed by atoms with Crippen molar-refractivity contribution in [1.29, 1.82) is 0 Å². The number of hydrogen-bond acceptors (Lipinski definition) is 6. The van der Waals surface area contributed by atoms with Gasteiger partial charge < -0.3 is 14.4 Å². The first-order chi connectivity index (χ1) is 13.0. The van der Waals surface area contributed by atoms with Crippen molar-refractivity contribution in [1.82, 2.24) is 19.4 Å². The molecular weight excluding hydrogens is 364 g/mol. The van der Waals surface area contributed by atoms with Crippen LogP contribution < -0.4 is 4.90 Å². The summed E-state index contributed by atoms with van der Waals surface area (Å²) in [4.78, 5) is 13.5. The van der Waals surface area contributed by atoms with Crippen LogP contribution in [0.2, 0.25) is 0 Å². The Hall–Kier alpha value is -2.94. The average molecular weight is 382 g/mol. The molecule has 0 unspecified atom stereocenters. The lowest BCUT2D eigenvalue weighted by Crippen LogP contribution is -2.49. The van der Waals surface area contributed by atoms with E-state index in [4.69, 9.17) is 4.98 Å². The Labute approximate surface area is 156 Å². The maximum Gasteiger partial charge on any atom is 0.285 e. The zero-order chi connectivity index (χ0) is 18.6. The minimum Gasteiger partial charge on any atom is -0.352 e. The highest BCUT2D eigenvalue weighted by Gasteiger charge is 2.33. The zero-order valence-electron chi connectivity index (χ0n) is 14.8. The molecule has 5 rings (SSSR count). The molecule has 1 fully saturated rings. The third kappa shape index (κ3) is 2.49. The van der Waals surface area contributed by atoms with Crippen molar-refractivity contribution in [3.8, 4) is 0 Å². The Kier molecular flexibility index (Phi) is 3.48. The van der Waals surface area contributed by atoms with Crippen LogP contribution in [-0.4, -0.2) is 59.9 Å². The SMILES string of the molecule is Cn1c(N2CCN(C3=NS(=O)(=O)c4ccccc43)CC2)nc2ccncc21. The minimum absolute atomic E-state index is 0.297. The normalized spacial score (nSPS) is 18.6. The Morgan fingerprint density at radius 3 is 2.52 bits per heavy atom. The lowest BCUT2D eigenvalue weighted by molar-refractivity contribution is 0.383. The van der Waals surface area contributed by atoms with Gasteiger partial charge in [-0.2, -0.15) is 8.42 Å². The molecule has 4 heterocycles. The molecular formula is C18H18N6O2S. The summed E-state index contributed by atoms with van der Waals surface area (Å²) < 4.78 is 30.7. The third-order valence-electron chi connectivity index (χ3n) is 5.13. The summed E-state index contributed by atoms with van der Waals surface area (Å²) >= 11 is 0. The van der Waals surface area contributed by atoms with Crippen molar-refractivity contribution in [2.45, 2.75) is 4.90 Å². The van der Waals surface area contributed by atoms with E-state index in [2.05, 4.69) is 14.3 Å². The smallest absolute Gasteiger partial charge is 0.285 e. The molecule has 1 saturated heterocycles. The molecule has 138 valence electrons. The van der Waals surface area contributed by atoms with E-state index in [1.807, 2.05) is 40.9 Å². The topological polar surface area (TPSA) is 83.7 Å². The molecule has 2 aliphatic rings. The monoisotopic (exact) mass is 382 g/mol. The quantitative estimate of drug-likeness (QED) is 0.630. The van der Waals surface area contributed by atoms with Crippen LogP contribution in [0, 0.1) is 0 Å². The van der Waals surface area contributed by atoms with Gasteiger partial charge in [-0.25, -0.2) is 4.98 Å². The first kappa shape index (κ1) is 16.2. The Bertz CT molecular complexity index is 1180. The van der Waals surface area contributed by atoms with E-state index >= 15 is 0 Å². The fourth-order valence-corrected chi connectivity index (χ4v) is 4.97. The number of aromatic nitrogens is 3. The van der Waals surface area contributed by atoms with E-state index in [1.165, 1.54) is 0 Å². The van der Waals surface area contributed by atoms with Gasteiger partial charge in [-0.3, -0.25) is 4.98 Å². The predicted molar refractivity (Wildman–Crippen MR) is 102 cm³/mol. The van der Waals surface area contributed by atoms with Gasteiger partial charge in [-0.05, 0) is 18.2 Å². The fraction of sp³-hybridized carbons (Fsp3) is 0.278. The molecule has 3 aromatic rings. The Morgan fingerprint density at radius 1 is 1.00 bits per heavy atom. The molecule has 0 radical (unpaired) electrons. The van der Waals surface area contributed by atoms with Crippen LogP contribution in [0.1, 0.15) is 5.56 Å². The number of rotatable bonds is 1. The number of imidazole rings is 1. The van der Waals surface area contributed by atoms with Gasteiger partial charge in [0.2, 0.25) is 5.95 Å².